The average Bonchev–Trinajstić information content (AvgIpc) is 2.34. The summed E-state index contributed by atoms with van der Waals surface area (Å²) in [5.74, 6) is -1.18. The van der Waals surface area contributed by atoms with Gasteiger partial charge in [0.15, 0.2) is 11.6 Å². The molecule has 1 N–H and O–H groups in total. The Morgan fingerprint density at radius 1 is 1.22 bits per heavy atom. The van der Waals surface area contributed by atoms with Crippen molar-refractivity contribution in [2.75, 3.05) is 0 Å². The molecule has 94 valence electrons. The van der Waals surface area contributed by atoms with Crippen LogP contribution in [0.4, 0.5) is 8.78 Å². The van der Waals surface area contributed by atoms with E-state index in [9.17, 15) is 13.9 Å². The highest BCUT2D eigenvalue weighted by molar-refractivity contribution is 5.31. The van der Waals surface area contributed by atoms with Gasteiger partial charge in [-0.05, 0) is 31.2 Å². The lowest BCUT2D eigenvalue weighted by molar-refractivity contribution is 0.194. The maximum Gasteiger partial charge on any atom is 0.166 e. The van der Waals surface area contributed by atoms with Crippen LogP contribution in [0.15, 0.2) is 36.5 Å². The molecule has 1 atom stereocenters. The maximum atomic E-state index is 13.3. The molecular formula is C13H11F2NO2. The number of hydrogen-bond acceptors (Lipinski definition) is 3. The van der Waals surface area contributed by atoms with Crippen LogP contribution in [0.2, 0.25) is 0 Å². The summed E-state index contributed by atoms with van der Waals surface area (Å²) in [4.78, 5) is 3.94. The minimum absolute atomic E-state index is 0.207. The summed E-state index contributed by atoms with van der Waals surface area (Å²) in [6, 6.07) is 6.04. The summed E-state index contributed by atoms with van der Waals surface area (Å²) in [6.07, 6.45) is 0.650. The van der Waals surface area contributed by atoms with Gasteiger partial charge in [0, 0.05) is 6.07 Å². The fraction of sp³-hybridized carbons (Fsp3) is 0.154. The number of aromatic nitrogens is 1. The number of aliphatic hydroxyl groups is 1. The first-order valence-electron chi connectivity index (χ1n) is 5.33. The summed E-state index contributed by atoms with van der Waals surface area (Å²) in [5.41, 5.74) is 0.474. The van der Waals surface area contributed by atoms with E-state index in [0.29, 0.717) is 5.69 Å². The van der Waals surface area contributed by atoms with Gasteiger partial charge in [-0.2, -0.15) is 0 Å². The molecule has 2 aromatic rings. The van der Waals surface area contributed by atoms with Crippen molar-refractivity contribution in [2.45, 2.75) is 13.0 Å². The molecule has 3 nitrogen and oxygen atoms in total. The third kappa shape index (κ3) is 2.81. The van der Waals surface area contributed by atoms with Crippen LogP contribution in [0.5, 0.6) is 11.5 Å². The van der Waals surface area contributed by atoms with Crippen LogP contribution in [0.1, 0.15) is 18.7 Å². The number of nitrogens with zero attached hydrogens (tertiary/aromatic N) is 1. The highest BCUT2D eigenvalue weighted by atomic mass is 19.1. The Balaban J connectivity index is 2.21. The van der Waals surface area contributed by atoms with E-state index in [-0.39, 0.29) is 11.5 Å². The highest BCUT2D eigenvalue weighted by Gasteiger charge is 2.07. The van der Waals surface area contributed by atoms with E-state index < -0.39 is 17.7 Å². The number of ether oxygens (including phenoxy) is 1. The summed E-state index contributed by atoms with van der Waals surface area (Å²) in [5, 5.41) is 9.27. The van der Waals surface area contributed by atoms with Gasteiger partial charge in [0.1, 0.15) is 11.6 Å². The largest absolute Gasteiger partial charge is 0.453 e. The smallest absolute Gasteiger partial charge is 0.166 e. The Bertz CT molecular complexity index is 541. The van der Waals surface area contributed by atoms with Crippen molar-refractivity contribution in [3.63, 3.8) is 0 Å². The number of pyridine rings is 1. The number of halogens is 2. The van der Waals surface area contributed by atoms with Crippen molar-refractivity contribution in [3.8, 4) is 11.5 Å². The van der Waals surface area contributed by atoms with Crippen molar-refractivity contribution < 1.29 is 18.6 Å². The highest BCUT2D eigenvalue weighted by Crippen LogP contribution is 2.25. The predicted molar refractivity (Wildman–Crippen MR) is 61.3 cm³/mol. The Kier molecular flexibility index (Phi) is 3.53. The molecular weight excluding hydrogens is 240 g/mol. The van der Waals surface area contributed by atoms with Crippen molar-refractivity contribution in [1.29, 1.82) is 0 Å². The van der Waals surface area contributed by atoms with E-state index >= 15 is 0 Å². The molecule has 0 fully saturated rings. The monoisotopic (exact) mass is 251 g/mol. The molecule has 0 saturated heterocycles. The summed E-state index contributed by atoms with van der Waals surface area (Å²) < 4.78 is 31.4. The van der Waals surface area contributed by atoms with Gasteiger partial charge in [-0.1, -0.05) is 0 Å². The summed E-state index contributed by atoms with van der Waals surface area (Å²) in [7, 11) is 0. The number of hydrogen-bond donors (Lipinski definition) is 1. The standard InChI is InChI=1S/C13H11F2NO2/c1-8(17)12-5-3-10(7-16-12)18-13-6-9(14)2-4-11(13)15/h2-8,17H,1H3/t8-/m1/s1. The van der Waals surface area contributed by atoms with Gasteiger partial charge >= 0.3 is 0 Å². The molecule has 5 heteroatoms. The summed E-state index contributed by atoms with van der Waals surface area (Å²) in [6.45, 7) is 1.58. The molecule has 1 heterocycles. The number of aliphatic hydroxyl groups excluding tert-OH is 1. The molecule has 0 radical (unpaired) electrons. The van der Waals surface area contributed by atoms with Gasteiger partial charge in [0.2, 0.25) is 0 Å². The Labute approximate surface area is 103 Å². The lowest BCUT2D eigenvalue weighted by atomic mass is 10.2. The Hall–Kier alpha value is -2.01. The van der Waals surface area contributed by atoms with Crippen LogP contribution in [-0.2, 0) is 0 Å². The zero-order valence-corrected chi connectivity index (χ0v) is 9.60. The molecule has 2 rings (SSSR count). The van der Waals surface area contributed by atoms with E-state index in [1.54, 1.807) is 13.0 Å². The van der Waals surface area contributed by atoms with E-state index in [1.807, 2.05) is 0 Å². The lowest BCUT2D eigenvalue weighted by Gasteiger charge is -2.08. The van der Waals surface area contributed by atoms with Gasteiger partial charge in [0.05, 0.1) is 18.0 Å². The van der Waals surface area contributed by atoms with Gasteiger partial charge < -0.3 is 9.84 Å². The van der Waals surface area contributed by atoms with Crippen molar-refractivity contribution in [3.05, 3.63) is 53.9 Å². The fourth-order valence-corrected chi connectivity index (χ4v) is 1.38. The first-order valence-corrected chi connectivity index (χ1v) is 5.33. The van der Waals surface area contributed by atoms with Crippen molar-refractivity contribution in [2.24, 2.45) is 0 Å². The molecule has 0 aliphatic carbocycles. The fourth-order valence-electron chi connectivity index (χ4n) is 1.38. The van der Waals surface area contributed by atoms with Crippen molar-refractivity contribution in [1.82, 2.24) is 4.98 Å². The normalized spacial score (nSPS) is 12.2. The minimum Gasteiger partial charge on any atom is -0.453 e. The topological polar surface area (TPSA) is 42.4 Å². The van der Waals surface area contributed by atoms with Gasteiger partial charge in [0.25, 0.3) is 0 Å². The number of benzene rings is 1. The van der Waals surface area contributed by atoms with Crippen LogP contribution < -0.4 is 4.74 Å². The van der Waals surface area contributed by atoms with E-state index in [0.717, 1.165) is 18.2 Å². The molecule has 0 spiro atoms. The molecule has 1 aromatic carbocycles. The molecule has 0 amide bonds. The van der Waals surface area contributed by atoms with Crippen molar-refractivity contribution >= 4 is 0 Å². The van der Waals surface area contributed by atoms with Gasteiger partial charge in [-0.3, -0.25) is 4.98 Å². The molecule has 0 aliphatic heterocycles. The zero-order valence-electron chi connectivity index (χ0n) is 9.60. The molecule has 18 heavy (non-hydrogen) atoms. The second-order valence-electron chi connectivity index (χ2n) is 3.77. The first-order chi connectivity index (χ1) is 8.56. The van der Waals surface area contributed by atoms with Crippen LogP contribution in [-0.4, -0.2) is 10.1 Å². The first kappa shape index (κ1) is 12.4. The predicted octanol–water partition coefficient (Wildman–Crippen LogP) is 3.21. The Morgan fingerprint density at radius 3 is 2.61 bits per heavy atom. The van der Waals surface area contributed by atoms with Crippen LogP contribution >= 0.6 is 0 Å². The van der Waals surface area contributed by atoms with E-state index in [2.05, 4.69) is 4.98 Å². The van der Waals surface area contributed by atoms with Gasteiger partial charge in [-0.25, -0.2) is 8.78 Å². The second-order valence-corrected chi connectivity index (χ2v) is 3.77. The average molecular weight is 251 g/mol. The molecule has 0 unspecified atom stereocenters. The molecule has 0 saturated carbocycles. The third-order valence-electron chi connectivity index (χ3n) is 2.31. The SMILES string of the molecule is C[C@@H](O)c1ccc(Oc2cc(F)ccc2F)cn1. The van der Waals surface area contributed by atoms with Crippen LogP contribution in [0, 0.1) is 11.6 Å². The quantitative estimate of drug-likeness (QED) is 0.910. The van der Waals surface area contributed by atoms with Crippen LogP contribution in [0.3, 0.4) is 0 Å². The Morgan fingerprint density at radius 2 is 2.00 bits per heavy atom. The molecule has 1 aromatic heterocycles. The van der Waals surface area contributed by atoms with E-state index in [1.165, 1.54) is 12.3 Å². The lowest BCUT2D eigenvalue weighted by Crippen LogP contribution is -1.96. The van der Waals surface area contributed by atoms with Gasteiger partial charge in [-0.15, -0.1) is 0 Å². The number of rotatable bonds is 3. The van der Waals surface area contributed by atoms with E-state index in [4.69, 9.17) is 4.74 Å². The third-order valence-corrected chi connectivity index (χ3v) is 2.31. The minimum atomic E-state index is -0.690. The molecule has 0 bridgehead atoms. The molecule has 0 aliphatic rings. The second kappa shape index (κ2) is 5.10. The van der Waals surface area contributed by atoms with Crippen LogP contribution in [0.25, 0.3) is 0 Å². The zero-order chi connectivity index (χ0) is 13.1. The summed E-state index contributed by atoms with van der Waals surface area (Å²) >= 11 is 0. The maximum absolute atomic E-state index is 13.3.